The summed E-state index contributed by atoms with van der Waals surface area (Å²) in [5, 5.41) is 3.44. The van der Waals surface area contributed by atoms with Gasteiger partial charge in [0, 0.05) is 33.2 Å². The van der Waals surface area contributed by atoms with Crippen molar-refractivity contribution in [2.45, 2.75) is 33.2 Å². The molecule has 1 saturated heterocycles. The molecule has 1 fully saturated rings. The second-order valence-corrected chi connectivity index (χ2v) is 6.75. The van der Waals surface area contributed by atoms with E-state index in [1.54, 1.807) is 0 Å². The number of aryl methyl sites for hydroxylation is 1. The zero-order chi connectivity index (χ0) is 16.7. The lowest BCUT2D eigenvalue weighted by Crippen LogP contribution is -2.40. The minimum Gasteiger partial charge on any atom is -0.357 e. The average Bonchev–Trinajstić information content (AvgIpc) is 2.53. The molecule has 1 aromatic rings. The lowest BCUT2D eigenvalue weighted by atomic mass is 9.99. The highest BCUT2D eigenvalue weighted by Gasteiger charge is 2.17. The molecule has 1 heterocycles. The fourth-order valence-corrected chi connectivity index (χ4v) is 3.23. The van der Waals surface area contributed by atoms with Crippen LogP contribution in [0.3, 0.4) is 0 Å². The molecule has 0 radical (unpaired) electrons. The summed E-state index contributed by atoms with van der Waals surface area (Å²) in [5.74, 6) is 1.71. The van der Waals surface area contributed by atoms with E-state index in [1.165, 1.54) is 37.1 Å². The maximum absolute atomic E-state index is 4.90. The molecule has 0 saturated carbocycles. The fraction of sp³-hybridized carbons (Fsp3) is 0.632. The third-order valence-corrected chi connectivity index (χ3v) is 4.59. The van der Waals surface area contributed by atoms with Crippen LogP contribution in [-0.4, -0.2) is 56.0 Å². The van der Waals surface area contributed by atoms with E-state index in [9.17, 15) is 0 Å². The Morgan fingerprint density at radius 1 is 1.39 bits per heavy atom. The van der Waals surface area contributed by atoms with Gasteiger partial charge in [-0.25, -0.2) is 0 Å². The first-order valence-electron chi connectivity index (χ1n) is 8.82. The van der Waals surface area contributed by atoms with Crippen LogP contribution in [0.4, 0.5) is 0 Å². The Bertz CT molecular complexity index is 512. The summed E-state index contributed by atoms with van der Waals surface area (Å²) < 4.78 is 0. The Labute approximate surface area is 141 Å². The number of aliphatic imine (C=N–C) groups is 1. The topological polar surface area (TPSA) is 30.9 Å². The lowest BCUT2D eigenvalue weighted by molar-refractivity contribution is 0.214. The van der Waals surface area contributed by atoms with Crippen molar-refractivity contribution >= 4 is 5.96 Å². The van der Waals surface area contributed by atoms with Crippen molar-refractivity contribution in [3.05, 3.63) is 35.4 Å². The number of piperidine rings is 1. The van der Waals surface area contributed by atoms with Crippen LogP contribution in [0.2, 0.25) is 0 Å². The number of nitrogens with one attached hydrogen (secondary N) is 1. The average molecular weight is 316 g/mol. The van der Waals surface area contributed by atoms with E-state index in [2.05, 4.69) is 67.3 Å². The molecule has 1 aromatic carbocycles. The first-order chi connectivity index (χ1) is 11.1. The lowest BCUT2D eigenvalue weighted by Gasteiger charge is -2.29. The summed E-state index contributed by atoms with van der Waals surface area (Å²) >= 11 is 0. The fourth-order valence-electron chi connectivity index (χ4n) is 3.23. The minimum absolute atomic E-state index is 0.689. The van der Waals surface area contributed by atoms with Crippen LogP contribution in [-0.2, 0) is 6.54 Å². The molecule has 0 amide bonds. The predicted octanol–water partition coefficient (Wildman–Crippen LogP) is 2.73. The van der Waals surface area contributed by atoms with Gasteiger partial charge >= 0.3 is 0 Å². The van der Waals surface area contributed by atoms with Crippen molar-refractivity contribution in [1.82, 2.24) is 15.1 Å². The van der Waals surface area contributed by atoms with Crippen LogP contribution in [0.25, 0.3) is 0 Å². The molecule has 0 aromatic heterocycles. The Morgan fingerprint density at radius 3 is 2.87 bits per heavy atom. The van der Waals surface area contributed by atoms with Gasteiger partial charge in [-0.1, -0.05) is 24.3 Å². The molecule has 1 unspecified atom stereocenters. The van der Waals surface area contributed by atoms with Crippen LogP contribution in [0.1, 0.15) is 30.9 Å². The van der Waals surface area contributed by atoms with Crippen LogP contribution in [0.5, 0.6) is 0 Å². The van der Waals surface area contributed by atoms with Gasteiger partial charge in [-0.05, 0) is 57.3 Å². The number of benzene rings is 1. The van der Waals surface area contributed by atoms with E-state index in [4.69, 9.17) is 4.99 Å². The number of guanidine groups is 1. The molecule has 0 spiro atoms. The number of likely N-dealkylation sites (tertiary alicyclic amines) is 1. The summed E-state index contributed by atoms with van der Waals surface area (Å²) in [6, 6.07) is 8.58. The van der Waals surface area contributed by atoms with Crippen LogP contribution >= 0.6 is 0 Å². The van der Waals surface area contributed by atoms with Crippen molar-refractivity contribution in [2.75, 3.05) is 40.3 Å². The van der Waals surface area contributed by atoms with E-state index >= 15 is 0 Å². The zero-order valence-electron chi connectivity index (χ0n) is 15.2. The maximum Gasteiger partial charge on any atom is 0.193 e. The summed E-state index contributed by atoms with van der Waals surface area (Å²) in [6.45, 7) is 9.42. The van der Waals surface area contributed by atoms with Gasteiger partial charge in [0.25, 0.3) is 0 Å². The SMILES string of the molecule is CCNC(=NCC1CCCN(C)C1)N(C)Cc1ccccc1C. The number of hydrogen-bond acceptors (Lipinski definition) is 2. The van der Waals surface area contributed by atoms with E-state index < -0.39 is 0 Å². The third kappa shape index (κ3) is 5.54. The van der Waals surface area contributed by atoms with E-state index in [0.29, 0.717) is 5.92 Å². The van der Waals surface area contributed by atoms with Crippen molar-refractivity contribution < 1.29 is 0 Å². The van der Waals surface area contributed by atoms with Gasteiger partial charge in [0.1, 0.15) is 0 Å². The maximum atomic E-state index is 4.90. The smallest absolute Gasteiger partial charge is 0.193 e. The third-order valence-electron chi connectivity index (χ3n) is 4.59. The Balaban J connectivity index is 1.98. The van der Waals surface area contributed by atoms with Crippen molar-refractivity contribution in [3.63, 3.8) is 0 Å². The quantitative estimate of drug-likeness (QED) is 0.669. The van der Waals surface area contributed by atoms with Gasteiger partial charge in [0.15, 0.2) is 5.96 Å². The second-order valence-electron chi connectivity index (χ2n) is 6.75. The van der Waals surface area contributed by atoms with Gasteiger partial charge in [-0.15, -0.1) is 0 Å². The molecule has 1 N–H and O–H groups in total. The van der Waals surface area contributed by atoms with Crippen LogP contribution in [0.15, 0.2) is 29.3 Å². The van der Waals surface area contributed by atoms with Crippen LogP contribution in [0, 0.1) is 12.8 Å². The van der Waals surface area contributed by atoms with Gasteiger partial charge in [-0.3, -0.25) is 4.99 Å². The molecule has 0 aliphatic carbocycles. The number of rotatable bonds is 5. The standard InChI is InChI=1S/C19H32N4/c1-5-20-19(21-13-17-10-8-12-22(3)14-17)23(4)15-18-11-7-6-9-16(18)2/h6-7,9,11,17H,5,8,10,12-15H2,1-4H3,(H,20,21). The summed E-state index contributed by atoms with van der Waals surface area (Å²) in [5.41, 5.74) is 2.70. The molecule has 1 aliphatic heterocycles. The Kier molecular flexibility index (Phi) is 6.90. The second kappa shape index (κ2) is 8.92. The molecule has 1 aliphatic rings. The molecule has 4 nitrogen and oxygen atoms in total. The highest BCUT2D eigenvalue weighted by atomic mass is 15.3. The molecule has 23 heavy (non-hydrogen) atoms. The summed E-state index contributed by atoms with van der Waals surface area (Å²) in [7, 11) is 4.34. The molecule has 128 valence electrons. The van der Waals surface area contributed by atoms with Crippen LogP contribution < -0.4 is 5.32 Å². The molecule has 0 bridgehead atoms. The monoisotopic (exact) mass is 316 g/mol. The molecular formula is C19H32N4. The van der Waals surface area contributed by atoms with E-state index in [-0.39, 0.29) is 0 Å². The minimum atomic E-state index is 0.689. The normalized spacial score (nSPS) is 19.7. The first-order valence-corrected chi connectivity index (χ1v) is 8.82. The summed E-state index contributed by atoms with van der Waals surface area (Å²) in [4.78, 5) is 9.56. The van der Waals surface area contributed by atoms with Crippen molar-refractivity contribution in [2.24, 2.45) is 10.9 Å². The van der Waals surface area contributed by atoms with Gasteiger partial charge in [-0.2, -0.15) is 0 Å². The number of hydrogen-bond donors (Lipinski definition) is 1. The molecule has 4 heteroatoms. The highest BCUT2D eigenvalue weighted by molar-refractivity contribution is 5.79. The van der Waals surface area contributed by atoms with Gasteiger partial charge in [0.05, 0.1) is 0 Å². The predicted molar refractivity (Wildman–Crippen MR) is 98.8 cm³/mol. The van der Waals surface area contributed by atoms with Crippen molar-refractivity contribution in [1.29, 1.82) is 0 Å². The van der Waals surface area contributed by atoms with Gasteiger partial charge < -0.3 is 15.1 Å². The number of nitrogens with zero attached hydrogens (tertiary/aromatic N) is 3. The molecular weight excluding hydrogens is 284 g/mol. The largest absolute Gasteiger partial charge is 0.357 e. The summed E-state index contributed by atoms with van der Waals surface area (Å²) in [6.07, 6.45) is 2.60. The first kappa shape index (κ1) is 17.8. The molecule has 1 atom stereocenters. The Morgan fingerprint density at radius 2 is 2.17 bits per heavy atom. The van der Waals surface area contributed by atoms with Crippen molar-refractivity contribution in [3.8, 4) is 0 Å². The van der Waals surface area contributed by atoms with E-state index in [0.717, 1.165) is 25.6 Å². The Hall–Kier alpha value is -1.55. The molecule has 2 rings (SSSR count). The zero-order valence-corrected chi connectivity index (χ0v) is 15.2. The van der Waals surface area contributed by atoms with E-state index in [1.807, 2.05) is 0 Å². The van der Waals surface area contributed by atoms with Gasteiger partial charge in [0.2, 0.25) is 0 Å². The highest BCUT2D eigenvalue weighted by Crippen LogP contribution is 2.15.